The first-order chi connectivity index (χ1) is 66.7. The molecule has 2 atom stereocenters. The van der Waals surface area contributed by atoms with E-state index in [4.69, 9.17) is 46.4 Å². The van der Waals surface area contributed by atoms with Crippen molar-refractivity contribution in [1.29, 1.82) is 0 Å². The van der Waals surface area contributed by atoms with Gasteiger partial charge in [-0.25, -0.2) is 19.9 Å². The third kappa shape index (κ3) is 23.3. The summed E-state index contributed by atoms with van der Waals surface area (Å²) in [6, 6.07) is 94.8. The van der Waals surface area contributed by atoms with E-state index in [1.165, 1.54) is 34.7 Å². The number of thiophene rings is 2. The number of carbonyl (C=O) groups is 8. The van der Waals surface area contributed by atoms with Crippen LogP contribution in [0.3, 0.4) is 0 Å². The Hall–Kier alpha value is -15.9. The molecule has 678 valence electrons. The van der Waals surface area contributed by atoms with E-state index in [-0.39, 0.29) is 59.1 Å². The lowest BCUT2D eigenvalue weighted by Gasteiger charge is -2.20. The standard InChI is InChI=1S/C30H23ClN4O2.C27H25ClN4O2.2C25H17ClN4O2S/c31-21-10-6-20(7-11-21)29(36)32-22-12-8-19(9-13-22)28-34-26-15-14-23(16-27(26)35-28)33-30(37)25-17-24(25)18-4-2-1-3-5-18;28-20-10-6-19(7-11-20)27(34)29-21-12-8-17(9-13-21)25-31-23-15-14-22(16-24(23)32-25)30-26(33)18-4-2-1-3-5-18;26-18-5-1-16(2-6-18)24(31)27-19-7-3-15(4-8-19)23-29-21-10-9-20(13-22(21)30-23)28-25(32)17-11-12-33-14-17;26-17-7-3-16(4-8-17)24(31)27-18-9-5-15(6-10-18)23-29-20-12-11-19(14-21(20)30-23)28-25(32)22-2-1-13-33-22/h1-16,24-25H,17H2,(H,32,36)(H,33,37)(H,34,35);6-16,18H,1-5H2,(H,29,34)(H,30,33)(H,31,32);2*1-14H,(H,27,31)(H,28,32)(H,29,30). The zero-order valence-electron chi connectivity index (χ0n) is 72.6. The van der Waals surface area contributed by atoms with Crippen LogP contribution in [0.25, 0.3) is 89.7 Å². The second-order valence-electron chi connectivity index (χ2n) is 32.5. The third-order valence-electron chi connectivity index (χ3n) is 22.9. The lowest BCUT2D eigenvalue weighted by Crippen LogP contribution is -2.24. The summed E-state index contributed by atoms with van der Waals surface area (Å²) in [5, 5.41) is 31.3. The molecule has 137 heavy (non-hydrogen) atoms. The number of amides is 8. The van der Waals surface area contributed by atoms with Gasteiger partial charge in [0.05, 0.1) is 54.6 Å². The van der Waals surface area contributed by atoms with Crippen LogP contribution in [0.2, 0.25) is 20.1 Å². The topological polar surface area (TPSA) is 348 Å². The van der Waals surface area contributed by atoms with Crippen molar-refractivity contribution in [1.82, 2.24) is 39.9 Å². The summed E-state index contributed by atoms with van der Waals surface area (Å²) in [7, 11) is 0. The normalized spacial score (nSPS) is 13.1. The number of aromatic amines is 4. The van der Waals surface area contributed by atoms with Crippen molar-refractivity contribution < 1.29 is 38.4 Å². The number of fused-ring (bicyclic) bond motifs is 4. The molecule has 0 radical (unpaired) electrons. The molecule has 0 saturated heterocycles. The Morgan fingerprint density at radius 1 is 0.292 bits per heavy atom. The van der Waals surface area contributed by atoms with Gasteiger partial charge in [0.15, 0.2) is 0 Å². The van der Waals surface area contributed by atoms with Crippen LogP contribution in [-0.4, -0.2) is 87.1 Å². The number of H-pyrrole nitrogens is 4. The molecule has 0 bridgehead atoms. The molecule has 6 aromatic heterocycles. The average molecular weight is 1930 g/mol. The van der Waals surface area contributed by atoms with Crippen molar-refractivity contribution in [2.45, 2.75) is 44.4 Å². The van der Waals surface area contributed by atoms with Gasteiger partial charge in [-0.2, -0.15) is 11.3 Å². The Bertz CT molecular complexity index is 7390. The van der Waals surface area contributed by atoms with Gasteiger partial charge in [0, 0.05) is 127 Å². The van der Waals surface area contributed by atoms with Crippen molar-refractivity contribution >= 4 is 206 Å². The van der Waals surface area contributed by atoms with Crippen molar-refractivity contribution in [3.05, 3.63) is 390 Å². The number of rotatable bonds is 21. The van der Waals surface area contributed by atoms with Crippen LogP contribution in [0.1, 0.15) is 111 Å². The number of aromatic nitrogens is 8. The quantitative estimate of drug-likeness (QED) is 0.0319. The first kappa shape index (κ1) is 91.6. The number of hydrogen-bond donors (Lipinski definition) is 12. The second-order valence-corrected chi connectivity index (χ2v) is 36.0. The molecule has 24 nitrogen and oxygen atoms in total. The fraction of sp³-hybridized carbons (Fsp3) is 0.0841. The zero-order chi connectivity index (χ0) is 94.4. The first-order valence-corrected chi connectivity index (χ1v) is 47.1. The summed E-state index contributed by atoms with van der Waals surface area (Å²) in [6.45, 7) is 0. The summed E-state index contributed by atoms with van der Waals surface area (Å²) in [5.74, 6) is 2.29. The molecule has 2 fully saturated rings. The minimum absolute atomic E-state index is 0.00845. The molecular formula is C107H82Cl4N16O8S2. The van der Waals surface area contributed by atoms with E-state index in [0.717, 1.165) is 116 Å². The second kappa shape index (κ2) is 42.1. The van der Waals surface area contributed by atoms with Crippen molar-refractivity contribution in [2.75, 3.05) is 42.5 Å². The van der Waals surface area contributed by atoms with Gasteiger partial charge in [-0.15, -0.1) is 11.3 Å². The van der Waals surface area contributed by atoms with Crippen molar-refractivity contribution in [2.24, 2.45) is 11.8 Å². The monoisotopic (exact) mass is 1920 g/mol. The first-order valence-electron chi connectivity index (χ1n) is 43.7. The van der Waals surface area contributed by atoms with Gasteiger partial charge in [-0.05, 0) is 321 Å². The summed E-state index contributed by atoms with van der Waals surface area (Å²) in [4.78, 5) is 132. The van der Waals surface area contributed by atoms with E-state index < -0.39 is 0 Å². The van der Waals surface area contributed by atoms with Crippen LogP contribution < -0.4 is 42.5 Å². The molecule has 13 aromatic carbocycles. The number of benzene rings is 13. The minimum atomic E-state index is -0.208. The highest BCUT2D eigenvalue weighted by atomic mass is 35.5. The van der Waals surface area contributed by atoms with Gasteiger partial charge < -0.3 is 62.5 Å². The number of halogens is 4. The molecule has 2 saturated carbocycles. The molecule has 19 aromatic rings. The number of nitrogens with one attached hydrogen (secondary N) is 12. The van der Waals surface area contributed by atoms with Crippen molar-refractivity contribution in [3.8, 4) is 45.6 Å². The van der Waals surface area contributed by atoms with Gasteiger partial charge in [0.2, 0.25) is 11.8 Å². The van der Waals surface area contributed by atoms with Crippen LogP contribution in [0.5, 0.6) is 0 Å². The van der Waals surface area contributed by atoms with Crippen LogP contribution >= 0.6 is 69.1 Å². The van der Waals surface area contributed by atoms with Crippen LogP contribution in [0.15, 0.2) is 332 Å². The molecule has 30 heteroatoms. The predicted octanol–water partition coefficient (Wildman–Crippen LogP) is 26.4. The molecule has 6 heterocycles. The van der Waals surface area contributed by atoms with E-state index in [9.17, 15) is 38.4 Å². The van der Waals surface area contributed by atoms with Gasteiger partial charge in [-0.1, -0.05) is 102 Å². The van der Waals surface area contributed by atoms with Crippen LogP contribution in [0.4, 0.5) is 45.5 Å². The Labute approximate surface area is 812 Å². The Morgan fingerprint density at radius 2 is 0.606 bits per heavy atom. The van der Waals surface area contributed by atoms with Gasteiger partial charge in [0.1, 0.15) is 23.3 Å². The van der Waals surface area contributed by atoms with E-state index in [2.05, 4.69) is 94.5 Å². The fourth-order valence-corrected chi connectivity index (χ4v) is 17.3. The van der Waals surface area contributed by atoms with Gasteiger partial charge >= 0.3 is 0 Å². The van der Waals surface area contributed by atoms with Gasteiger partial charge in [-0.3, -0.25) is 38.4 Å². The maximum atomic E-state index is 12.8. The molecule has 2 aliphatic rings. The van der Waals surface area contributed by atoms with Crippen LogP contribution in [0, 0.1) is 11.8 Å². The highest BCUT2D eigenvalue weighted by molar-refractivity contribution is 7.12. The maximum absolute atomic E-state index is 12.8. The Morgan fingerprint density at radius 3 is 0.934 bits per heavy atom. The SMILES string of the molecule is O=C(Nc1ccc(-c2nc3ccc(NC(=O)C4CC4c4ccccc4)cc3[nH]2)cc1)c1ccc(Cl)cc1.O=C(Nc1ccc(-c2nc3ccc(NC(=O)C4CCCCC4)cc3[nH]2)cc1)c1ccc(Cl)cc1.O=C(Nc1ccc(-c2nc3ccc(NC(=O)c4cccs4)cc3[nH]2)cc1)c1ccc(Cl)cc1.O=C(Nc1ccc(-c2nc3ccc(NC(=O)c4ccsc4)cc3[nH]2)cc1)c1ccc(Cl)cc1. The summed E-state index contributed by atoms with van der Waals surface area (Å²) in [6.07, 6.45) is 6.30. The summed E-state index contributed by atoms with van der Waals surface area (Å²) < 4.78 is 0. The number of anilines is 8. The predicted molar refractivity (Wildman–Crippen MR) is 549 cm³/mol. The molecule has 8 amide bonds. The molecule has 21 rings (SSSR count). The lowest BCUT2D eigenvalue weighted by molar-refractivity contribution is -0.120. The molecular weight excluding hydrogens is 1840 g/mol. The van der Waals surface area contributed by atoms with Gasteiger partial charge in [0.25, 0.3) is 35.4 Å². The molecule has 12 N–H and O–H groups in total. The maximum Gasteiger partial charge on any atom is 0.265 e. The van der Waals surface area contributed by atoms with E-state index in [0.29, 0.717) is 110 Å². The summed E-state index contributed by atoms with van der Waals surface area (Å²) >= 11 is 26.4. The molecule has 2 unspecified atom stereocenters. The van der Waals surface area contributed by atoms with Crippen LogP contribution in [-0.2, 0) is 9.59 Å². The Balaban J connectivity index is 0.000000122. The number of carbonyl (C=O) groups excluding carboxylic acids is 8. The summed E-state index contributed by atoms with van der Waals surface area (Å²) in [5.41, 5.74) is 19.7. The lowest BCUT2D eigenvalue weighted by atomic mass is 9.88. The van der Waals surface area contributed by atoms with E-state index >= 15 is 0 Å². The highest BCUT2D eigenvalue weighted by Gasteiger charge is 2.44. The Kier molecular flexibility index (Phi) is 28.1. The largest absolute Gasteiger partial charge is 0.338 e. The smallest absolute Gasteiger partial charge is 0.265 e. The number of nitrogens with zero attached hydrogens (tertiary/aromatic N) is 4. The number of hydrogen-bond acceptors (Lipinski definition) is 14. The highest BCUT2D eigenvalue weighted by Crippen LogP contribution is 2.48. The minimum Gasteiger partial charge on any atom is -0.338 e. The fourth-order valence-electron chi connectivity index (χ4n) is 15.6. The number of imidazole rings is 4. The average Bonchev–Trinajstić information content (AvgIpc) is 1.64. The van der Waals surface area contributed by atoms with E-state index in [1.54, 1.807) is 109 Å². The molecule has 0 spiro atoms. The third-order valence-corrected chi connectivity index (χ3v) is 25.5. The van der Waals surface area contributed by atoms with E-state index in [1.807, 2.05) is 210 Å². The zero-order valence-corrected chi connectivity index (χ0v) is 77.3. The molecule has 2 aliphatic carbocycles. The molecule has 0 aliphatic heterocycles. The van der Waals surface area contributed by atoms with Crippen molar-refractivity contribution in [3.63, 3.8) is 0 Å².